The van der Waals surface area contributed by atoms with E-state index in [9.17, 15) is 9.59 Å². The zero-order valence-corrected chi connectivity index (χ0v) is 13.2. The Balaban J connectivity index is 1.90. The molecular formula is C13H21N5O2S. The average Bonchev–Trinajstić information content (AvgIpc) is 2.71. The molecule has 8 heteroatoms. The molecular weight excluding hydrogens is 290 g/mol. The molecule has 2 heterocycles. The molecule has 7 nitrogen and oxygen atoms in total. The van der Waals surface area contributed by atoms with Gasteiger partial charge in [0, 0.05) is 26.1 Å². The van der Waals surface area contributed by atoms with E-state index in [-0.39, 0.29) is 0 Å². The van der Waals surface area contributed by atoms with Crippen LogP contribution in [0.15, 0.2) is 0 Å². The van der Waals surface area contributed by atoms with Crippen LogP contribution in [0.25, 0.3) is 0 Å². The van der Waals surface area contributed by atoms with Gasteiger partial charge < -0.3 is 10.2 Å². The fourth-order valence-corrected chi connectivity index (χ4v) is 3.03. The molecule has 2 N–H and O–H groups in total. The second-order valence-electron chi connectivity index (χ2n) is 5.45. The maximum Gasteiger partial charge on any atom is 0.315 e. The topological polar surface area (TPSA) is 87.2 Å². The number of carbonyl (C=O) groups excluding carboxylic acids is 2. The van der Waals surface area contributed by atoms with E-state index in [0.29, 0.717) is 24.1 Å². The van der Waals surface area contributed by atoms with Gasteiger partial charge in [-0.2, -0.15) is 0 Å². The fourth-order valence-electron chi connectivity index (χ4n) is 2.08. The molecule has 0 atom stereocenters. The van der Waals surface area contributed by atoms with Crippen molar-refractivity contribution in [3.63, 3.8) is 0 Å². The number of aromatic nitrogens is 2. The van der Waals surface area contributed by atoms with Crippen molar-refractivity contribution in [3.05, 3.63) is 5.01 Å². The first kappa shape index (κ1) is 15.8. The molecule has 0 spiro atoms. The number of rotatable bonds is 3. The molecule has 0 aromatic carbocycles. The maximum absolute atomic E-state index is 12.1. The minimum absolute atomic E-state index is 0.386. The molecule has 1 aliphatic rings. The van der Waals surface area contributed by atoms with Gasteiger partial charge in [-0.3, -0.25) is 14.9 Å². The van der Waals surface area contributed by atoms with Crippen LogP contribution in [0.2, 0.25) is 0 Å². The van der Waals surface area contributed by atoms with Gasteiger partial charge in [-0.25, -0.2) is 0 Å². The van der Waals surface area contributed by atoms with Crippen LogP contribution in [0, 0.1) is 5.92 Å². The molecule has 1 saturated heterocycles. The molecule has 0 radical (unpaired) electrons. The van der Waals surface area contributed by atoms with Crippen LogP contribution in [-0.2, 0) is 16.0 Å². The van der Waals surface area contributed by atoms with Crippen molar-refractivity contribution in [1.29, 1.82) is 0 Å². The number of anilines is 1. The third-order valence-corrected chi connectivity index (χ3v) is 3.95. The zero-order chi connectivity index (χ0) is 15.2. The lowest BCUT2D eigenvalue weighted by molar-refractivity contribution is -0.143. The van der Waals surface area contributed by atoms with Gasteiger partial charge in [0.05, 0.1) is 0 Å². The summed E-state index contributed by atoms with van der Waals surface area (Å²) in [5.74, 6) is -0.656. The van der Waals surface area contributed by atoms with Crippen molar-refractivity contribution in [3.8, 4) is 0 Å². The van der Waals surface area contributed by atoms with Crippen molar-refractivity contribution >= 4 is 28.3 Å². The molecule has 1 aliphatic heterocycles. The van der Waals surface area contributed by atoms with Gasteiger partial charge in [-0.15, -0.1) is 10.2 Å². The molecule has 0 saturated carbocycles. The van der Waals surface area contributed by atoms with E-state index in [2.05, 4.69) is 34.7 Å². The Labute approximate surface area is 128 Å². The lowest BCUT2D eigenvalue weighted by atomic mass is 10.1. The Morgan fingerprint density at radius 1 is 1.33 bits per heavy atom. The van der Waals surface area contributed by atoms with Crippen molar-refractivity contribution in [2.75, 3.05) is 31.5 Å². The van der Waals surface area contributed by atoms with E-state index in [0.717, 1.165) is 30.9 Å². The summed E-state index contributed by atoms with van der Waals surface area (Å²) in [6, 6.07) is 0. The third-order valence-electron chi connectivity index (χ3n) is 3.09. The maximum atomic E-state index is 12.1. The Morgan fingerprint density at radius 2 is 2.14 bits per heavy atom. The first-order valence-corrected chi connectivity index (χ1v) is 8.01. The van der Waals surface area contributed by atoms with E-state index >= 15 is 0 Å². The van der Waals surface area contributed by atoms with Crippen molar-refractivity contribution in [2.24, 2.45) is 5.92 Å². The highest BCUT2D eigenvalue weighted by Crippen LogP contribution is 2.18. The standard InChI is InChI=1S/C13H21N5O2S/c1-9(2)8-10-16-17-13(21-10)15-11(19)12(20)18-6-3-4-14-5-7-18/h9,14H,3-8H2,1-2H3,(H,15,17,19). The summed E-state index contributed by atoms with van der Waals surface area (Å²) in [5, 5.41) is 14.9. The number of carbonyl (C=O) groups is 2. The highest BCUT2D eigenvalue weighted by molar-refractivity contribution is 7.15. The van der Waals surface area contributed by atoms with E-state index in [4.69, 9.17) is 0 Å². The van der Waals surface area contributed by atoms with Crippen LogP contribution in [0.3, 0.4) is 0 Å². The Hall–Kier alpha value is -1.54. The van der Waals surface area contributed by atoms with Crippen LogP contribution < -0.4 is 10.6 Å². The van der Waals surface area contributed by atoms with Gasteiger partial charge in [0.25, 0.3) is 0 Å². The monoisotopic (exact) mass is 311 g/mol. The van der Waals surface area contributed by atoms with Gasteiger partial charge in [0.1, 0.15) is 5.01 Å². The Bertz CT molecular complexity index is 495. The molecule has 0 unspecified atom stereocenters. The second-order valence-corrected chi connectivity index (χ2v) is 6.51. The quantitative estimate of drug-likeness (QED) is 0.794. The fraction of sp³-hybridized carbons (Fsp3) is 0.692. The first-order chi connectivity index (χ1) is 10.1. The molecule has 2 amide bonds. The van der Waals surface area contributed by atoms with Gasteiger partial charge in [0.15, 0.2) is 0 Å². The van der Waals surface area contributed by atoms with Gasteiger partial charge in [-0.05, 0) is 18.9 Å². The summed E-state index contributed by atoms with van der Waals surface area (Å²) in [4.78, 5) is 25.6. The van der Waals surface area contributed by atoms with Crippen LogP contribution in [0.1, 0.15) is 25.3 Å². The summed E-state index contributed by atoms with van der Waals surface area (Å²) >= 11 is 1.32. The molecule has 1 fully saturated rings. The molecule has 1 aromatic rings. The summed E-state index contributed by atoms with van der Waals surface area (Å²) in [7, 11) is 0. The number of hydrogen-bond acceptors (Lipinski definition) is 6. The van der Waals surface area contributed by atoms with Crippen LogP contribution in [-0.4, -0.2) is 53.1 Å². The summed E-state index contributed by atoms with van der Waals surface area (Å²) in [6.07, 6.45) is 1.68. The van der Waals surface area contributed by atoms with Gasteiger partial charge in [0.2, 0.25) is 5.13 Å². The number of nitrogens with zero attached hydrogens (tertiary/aromatic N) is 3. The van der Waals surface area contributed by atoms with Gasteiger partial charge in [-0.1, -0.05) is 25.2 Å². The van der Waals surface area contributed by atoms with Crippen molar-refractivity contribution in [1.82, 2.24) is 20.4 Å². The van der Waals surface area contributed by atoms with E-state index < -0.39 is 11.8 Å². The average molecular weight is 311 g/mol. The summed E-state index contributed by atoms with van der Waals surface area (Å²) in [5.41, 5.74) is 0. The van der Waals surface area contributed by atoms with Gasteiger partial charge >= 0.3 is 11.8 Å². The van der Waals surface area contributed by atoms with Crippen molar-refractivity contribution < 1.29 is 9.59 Å². The lowest BCUT2D eigenvalue weighted by Gasteiger charge is -2.18. The molecule has 0 bridgehead atoms. The second kappa shape index (κ2) is 7.46. The normalized spacial score (nSPS) is 15.9. The minimum Gasteiger partial charge on any atom is -0.333 e. The smallest absolute Gasteiger partial charge is 0.315 e. The van der Waals surface area contributed by atoms with E-state index in [1.54, 1.807) is 4.90 Å². The predicted octanol–water partition coefficient (Wildman–Crippen LogP) is 0.497. The molecule has 116 valence electrons. The lowest BCUT2D eigenvalue weighted by Crippen LogP contribution is -2.41. The van der Waals surface area contributed by atoms with E-state index in [1.165, 1.54) is 11.3 Å². The highest BCUT2D eigenvalue weighted by atomic mass is 32.1. The summed E-state index contributed by atoms with van der Waals surface area (Å²) < 4.78 is 0. The third kappa shape index (κ3) is 4.75. The largest absolute Gasteiger partial charge is 0.333 e. The van der Waals surface area contributed by atoms with Crippen molar-refractivity contribution in [2.45, 2.75) is 26.7 Å². The van der Waals surface area contributed by atoms with Crippen LogP contribution in [0.5, 0.6) is 0 Å². The van der Waals surface area contributed by atoms with Crippen LogP contribution >= 0.6 is 11.3 Å². The molecule has 1 aromatic heterocycles. The number of nitrogens with one attached hydrogen (secondary N) is 2. The van der Waals surface area contributed by atoms with Crippen LogP contribution in [0.4, 0.5) is 5.13 Å². The molecule has 21 heavy (non-hydrogen) atoms. The number of hydrogen-bond donors (Lipinski definition) is 2. The van der Waals surface area contributed by atoms with E-state index in [1.807, 2.05) is 0 Å². The zero-order valence-electron chi connectivity index (χ0n) is 12.4. The minimum atomic E-state index is -0.635. The Morgan fingerprint density at radius 3 is 2.90 bits per heavy atom. The SMILES string of the molecule is CC(C)Cc1nnc(NC(=O)C(=O)N2CCCNCC2)s1. The highest BCUT2D eigenvalue weighted by Gasteiger charge is 2.23. The number of amides is 2. The molecule has 0 aliphatic carbocycles. The Kier molecular flexibility index (Phi) is 5.63. The molecule has 2 rings (SSSR count). The summed E-state index contributed by atoms with van der Waals surface area (Å²) in [6.45, 7) is 6.94. The first-order valence-electron chi connectivity index (χ1n) is 7.19. The predicted molar refractivity (Wildman–Crippen MR) is 81.1 cm³/mol.